The molecule has 2 aromatic rings. The number of aliphatic imine (C=N–C) groups is 1. The molecule has 3 rings (SSSR count). The summed E-state index contributed by atoms with van der Waals surface area (Å²) in [6, 6.07) is 3.81. The van der Waals surface area contributed by atoms with Gasteiger partial charge in [-0.2, -0.15) is 0 Å². The Balaban J connectivity index is 1.92. The number of hydrogen-bond acceptors (Lipinski definition) is 7. The van der Waals surface area contributed by atoms with E-state index in [1.165, 1.54) is 38.5 Å². The summed E-state index contributed by atoms with van der Waals surface area (Å²) in [4.78, 5) is 12.1. The summed E-state index contributed by atoms with van der Waals surface area (Å²) < 4.78 is 60.2. The number of guanidine groups is 1. The van der Waals surface area contributed by atoms with Crippen molar-refractivity contribution < 1.29 is 21.9 Å². The van der Waals surface area contributed by atoms with Crippen LogP contribution >= 0.6 is 0 Å². The van der Waals surface area contributed by atoms with E-state index in [9.17, 15) is 17.2 Å². The van der Waals surface area contributed by atoms with E-state index in [1.54, 1.807) is 6.92 Å². The van der Waals surface area contributed by atoms with Crippen LogP contribution in [0.1, 0.15) is 30.7 Å². The highest BCUT2D eigenvalue weighted by Gasteiger charge is 2.41. The molecule has 0 amide bonds. The maximum absolute atomic E-state index is 14.7. The maximum Gasteiger partial charge on any atom is 0.239 e. The summed E-state index contributed by atoms with van der Waals surface area (Å²) in [6.07, 6.45) is 3.59. The molecule has 8 nitrogen and oxygen atoms in total. The van der Waals surface area contributed by atoms with Gasteiger partial charge in [-0.1, -0.05) is 12.0 Å². The number of nitrogens with two attached hydrogens (primary N) is 1. The van der Waals surface area contributed by atoms with Crippen molar-refractivity contribution in [2.24, 2.45) is 10.7 Å². The zero-order valence-corrected chi connectivity index (χ0v) is 18.4. The average molecular weight is 461 g/mol. The minimum atomic E-state index is -3.79. The normalized spacial score (nSPS) is 20.2. The molecule has 2 N–H and O–H groups in total. The van der Waals surface area contributed by atoms with Crippen LogP contribution < -0.4 is 10.5 Å². The van der Waals surface area contributed by atoms with Crippen LogP contribution in [0.5, 0.6) is 5.88 Å². The van der Waals surface area contributed by atoms with Crippen LogP contribution in [-0.4, -0.2) is 48.1 Å². The number of sulfonamides is 1. The minimum Gasteiger partial charge on any atom is -0.463 e. The number of benzene rings is 1. The van der Waals surface area contributed by atoms with Crippen LogP contribution in [0.15, 0.2) is 35.6 Å². The SMILES string of the molecule is CC#CCOc1cnc(/C(F)=C/c2ccc(F)c([C@]3(C)CS(=O)(=O)N(C)C(N)=N3)c2)cn1. The quantitative estimate of drug-likeness (QED) is 0.684. The molecular formula is C21H21F2N5O3S. The van der Waals surface area contributed by atoms with Crippen LogP contribution in [0, 0.1) is 17.7 Å². The van der Waals surface area contributed by atoms with Gasteiger partial charge in [0.1, 0.15) is 17.1 Å². The van der Waals surface area contributed by atoms with Crippen molar-refractivity contribution in [2.75, 3.05) is 19.4 Å². The maximum atomic E-state index is 14.7. The molecule has 0 radical (unpaired) electrons. The van der Waals surface area contributed by atoms with Crippen molar-refractivity contribution >= 4 is 27.9 Å². The predicted molar refractivity (Wildman–Crippen MR) is 117 cm³/mol. The molecular weight excluding hydrogens is 440 g/mol. The standard InChI is InChI=1S/C21H21F2N5O3S/c1-4-5-8-31-19-12-25-18(11-26-19)17(23)10-14-6-7-16(22)15(9-14)21(2)13-32(29,30)28(3)20(24)27-21/h6-7,9-12H,8,13H2,1-3H3,(H2,24,27)/b17-10-/t21-/m0/s1. The molecule has 0 saturated heterocycles. The summed E-state index contributed by atoms with van der Waals surface area (Å²) in [5.41, 5.74) is 4.46. The van der Waals surface area contributed by atoms with Gasteiger partial charge in [-0.25, -0.2) is 36.5 Å². The smallest absolute Gasteiger partial charge is 0.239 e. The third-order valence-electron chi connectivity index (χ3n) is 4.77. The van der Waals surface area contributed by atoms with Gasteiger partial charge in [0.05, 0.1) is 18.1 Å². The molecule has 1 atom stereocenters. The third-order valence-corrected chi connectivity index (χ3v) is 6.72. The van der Waals surface area contributed by atoms with Gasteiger partial charge in [0.2, 0.25) is 21.9 Å². The molecule has 0 aliphatic carbocycles. The summed E-state index contributed by atoms with van der Waals surface area (Å²) in [6.45, 7) is 3.27. The van der Waals surface area contributed by atoms with Crippen LogP contribution in [0.2, 0.25) is 0 Å². The number of rotatable bonds is 5. The molecule has 1 aliphatic rings. The summed E-state index contributed by atoms with van der Waals surface area (Å²) >= 11 is 0. The zero-order chi connectivity index (χ0) is 23.5. The lowest BCUT2D eigenvalue weighted by molar-refractivity contribution is 0.353. The van der Waals surface area contributed by atoms with E-state index < -0.39 is 33.0 Å². The molecule has 168 valence electrons. The first-order chi connectivity index (χ1) is 15.1. The first kappa shape index (κ1) is 23.1. The predicted octanol–water partition coefficient (Wildman–Crippen LogP) is 2.29. The lowest BCUT2D eigenvalue weighted by Gasteiger charge is -2.34. The summed E-state index contributed by atoms with van der Waals surface area (Å²) in [7, 11) is -2.52. The van der Waals surface area contributed by atoms with Gasteiger partial charge in [-0.15, -0.1) is 5.92 Å². The molecule has 0 unspecified atom stereocenters. The number of nitrogens with zero attached hydrogens (tertiary/aromatic N) is 4. The van der Waals surface area contributed by atoms with Crippen molar-refractivity contribution in [3.05, 3.63) is 53.2 Å². The second-order valence-corrected chi connectivity index (χ2v) is 9.15. The lowest BCUT2D eigenvalue weighted by Crippen LogP contribution is -2.50. The molecule has 32 heavy (non-hydrogen) atoms. The molecule has 0 fully saturated rings. The van der Waals surface area contributed by atoms with Gasteiger partial charge in [-0.3, -0.25) is 0 Å². The van der Waals surface area contributed by atoms with Gasteiger partial charge in [0.15, 0.2) is 12.4 Å². The Bertz CT molecular complexity index is 1250. The minimum absolute atomic E-state index is 0.0226. The highest BCUT2D eigenvalue weighted by Crippen LogP contribution is 2.34. The fourth-order valence-corrected chi connectivity index (χ4v) is 4.50. The molecule has 1 aliphatic heterocycles. The van der Waals surface area contributed by atoms with Crippen molar-refractivity contribution in [1.29, 1.82) is 0 Å². The van der Waals surface area contributed by atoms with Crippen molar-refractivity contribution in [2.45, 2.75) is 19.4 Å². The Kier molecular flexibility index (Phi) is 6.45. The lowest BCUT2D eigenvalue weighted by atomic mass is 9.92. The summed E-state index contributed by atoms with van der Waals surface area (Å²) in [5.74, 6) is 3.42. The highest BCUT2D eigenvalue weighted by molar-refractivity contribution is 7.89. The molecule has 0 bridgehead atoms. The largest absolute Gasteiger partial charge is 0.463 e. The average Bonchev–Trinajstić information content (AvgIpc) is 2.73. The molecule has 0 saturated carbocycles. The monoisotopic (exact) mass is 461 g/mol. The second kappa shape index (κ2) is 8.92. The Morgan fingerprint density at radius 1 is 1.38 bits per heavy atom. The van der Waals surface area contributed by atoms with Crippen LogP contribution in [-0.2, 0) is 15.6 Å². The number of halogens is 2. The van der Waals surface area contributed by atoms with Gasteiger partial charge >= 0.3 is 0 Å². The molecule has 2 heterocycles. The van der Waals surface area contributed by atoms with Crippen LogP contribution in [0.25, 0.3) is 11.9 Å². The topological polar surface area (TPSA) is 111 Å². The van der Waals surface area contributed by atoms with Gasteiger partial charge in [0, 0.05) is 12.6 Å². The van der Waals surface area contributed by atoms with Gasteiger partial charge in [-0.05, 0) is 37.6 Å². The molecule has 0 spiro atoms. The zero-order valence-electron chi connectivity index (χ0n) is 17.6. The summed E-state index contributed by atoms with van der Waals surface area (Å²) in [5, 5.41) is 0. The molecule has 1 aromatic heterocycles. The van der Waals surface area contributed by atoms with Crippen molar-refractivity contribution in [3.8, 4) is 17.7 Å². The molecule has 1 aromatic carbocycles. The van der Waals surface area contributed by atoms with Crippen LogP contribution in [0.4, 0.5) is 8.78 Å². The first-order valence-corrected chi connectivity index (χ1v) is 11.0. The van der Waals surface area contributed by atoms with E-state index in [2.05, 4.69) is 26.8 Å². The number of hydrogen-bond donors (Lipinski definition) is 1. The van der Waals surface area contributed by atoms with E-state index in [0.29, 0.717) is 0 Å². The first-order valence-electron chi connectivity index (χ1n) is 9.40. The van der Waals surface area contributed by atoms with E-state index >= 15 is 0 Å². The van der Waals surface area contributed by atoms with Gasteiger partial charge in [0.25, 0.3) is 0 Å². The van der Waals surface area contributed by atoms with Crippen molar-refractivity contribution in [3.63, 3.8) is 0 Å². The van der Waals surface area contributed by atoms with Gasteiger partial charge < -0.3 is 10.5 Å². The number of ether oxygens (including phenoxy) is 1. The Morgan fingerprint density at radius 2 is 2.12 bits per heavy atom. The van der Waals surface area contributed by atoms with Crippen LogP contribution in [0.3, 0.4) is 0 Å². The second-order valence-electron chi connectivity index (χ2n) is 7.15. The fraction of sp³-hybridized carbons (Fsp3) is 0.286. The van der Waals surface area contributed by atoms with E-state index in [-0.39, 0.29) is 35.3 Å². The third kappa shape index (κ3) is 4.86. The van der Waals surface area contributed by atoms with E-state index in [0.717, 1.165) is 16.4 Å². The molecule has 11 heteroatoms. The Morgan fingerprint density at radius 3 is 2.75 bits per heavy atom. The highest BCUT2D eigenvalue weighted by atomic mass is 32.2. The Hall–Kier alpha value is -3.52. The van der Waals surface area contributed by atoms with Crippen molar-refractivity contribution in [1.82, 2.24) is 14.3 Å². The van der Waals surface area contributed by atoms with E-state index in [1.807, 2.05) is 0 Å². The van der Waals surface area contributed by atoms with E-state index in [4.69, 9.17) is 10.5 Å². The fourth-order valence-electron chi connectivity index (χ4n) is 3.05. The number of aromatic nitrogens is 2. The Labute approximate surface area is 184 Å².